The van der Waals surface area contributed by atoms with E-state index in [0.29, 0.717) is 18.0 Å². The number of rotatable bonds is 1. The molecule has 0 atom stereocenters. The predicted octanol–water partition coefficient (Wildman–Crippen LogP) is 1.36. The first kappa shape index (κ1) is 13.0. The fourth-order valence-corrected chi connectivity index (χ4v) is 2.61. The van der Waals surface area contributed by atoms with Crippen molar-refractivity contribution in [3.05, 3.63) is 36.4 Å². The first-order valence-corrected chi connectivity index (χ1v) is 6.56. The smallest absolute Gasteiger partial charge is 0.344 e. The third kappa shape index (κ3) is 1.90. The van der Waals surface area contributed by atoms with E-state index in [0.717, 1.165) is 4.57 Å². The van der Waals surface area contributed by atoms with Gasteiger partial charge in [0, 0.05) is 37.9 Å². The van der Waals surface area contributed by atoms with Crippen LogP contribution in [0.3, 0.4) is 0 Å². The molecule has 0 bridgehead atoms. The van der Waals surface area contributed by atoms with E-state index in [1.165, 1.54) is 0 Å². The minimum absolute atomic E-state index is 0.153. The molecule has 0 aromatic carbocycles. The number of nitrogens with zero attached hydrogens (tertiary/aromatic N) is 7. The van der Waals surface area contributed by atoms with Gasteiger partial charge in [-0.2, -0.15) is 13.2 Å². The van der Waals surface area contributed by atoms with Crippen LogP contribution >= 0.6 is 0 Å². The van der Waals surface area contributed by atoms with Crippen LogP contribution in [0.1, 0.15) is 11.6 Å². The van der Waals surface area contributed by atoms with Crippen LogP contribution in [0, 0.1) is 0 Å². The molecule has 0 spiro atoms. The second-order valence-electron chi connectivity index (χ2n) is 4.92. The van der Waals surface area contributed by atoms with Crippen LogP contribution < -0.4 is 4.90 Å². The van der Waals surface area contributed by atoms with Crippen molar-refractivity contribution in [1.29, 1.82) is 0 Å². The fraction of sp³-hybridized carbons (Fsp3) is 0.333. The van der Waals surface area contributed by atoms with Crippen molar-refractivity contribution in [3.63, 3.8) is 0 Å². The highest BCUT2D eigenvalue weighted by atomic mass is 19.4. The lowest BCUT2D eigenvalue weighted by Gasteiger charge is -2.28. The Morgan fingerprint density at radius 3 is 2.55 bits per heavy atom. The predicted molar refractivity (Wildman–Crippen MR) is 69.1 cm³/mol. The van der Waals surface area contributed by atoms with E-state index in [4.69, 9.17) is 0 Å². The molecule has 0 N–H and O–H groups in total. The quantitative estimate of drug-likeness (QED) is 0.679. The number of anilines is 1. The molecule has 0 aliphatic carbocycles. The summed E-state index contributed by atoms with van der Waals surface area (Å²) in [6, 6.07) is 0. The lowest BCUT2D eigenvalue weighted by Crippen LogP contribution is -2.36. The van der Waals surface area contributed by atoms with E-state index in [1.54, 1.807) is 24.8 Å². The maximum atomic E-state index is 12.8. The molecule has 0 amide bonds. The minimum Gasteiger partial charge on any atom is -0.344 e. The number of fused-ring (bicyclic) bond motifs is 2. The number of aromatic nitrogens is 6. The third-order valence-corrected chi connectivity index (χ3v) is 3.60. The van der Waals surface area contributed by atoms with Crippen LogP contribution in [-0.2, 0) is 19.3 Å². The van der Waals surface area contributed by atoms with Gasteiger partial charge in [-0.05, 0) is 0 Å². The van der Waals surface area contributed by atoms with Crippen LogP contribution in [0.15, 0.2) is 24.8 Å². The summed E-state index contributed by atoms with van der Waals surface area (Å²) in [6.07, 6.45) is 2.34. The Balaban J connectivity index is 1.71. The average molecular weight is 309 g/mol. The molecule has 0 saturated carbocycles. The molecule has 10 heteroatoms. The lowest BCUT2D eigenvalue weighted by molar-refractivity contribution is -0.147. The van der Waals surface area contributed by atoms with Crippen molar-refractivity contribution in [2.45, 2.75) is 19.3 Å². The molecule has 7 nitrogen and oxygen atoms in total. The van der Waals surface area contributed by atoms with Gasteiger partial charge in [-0.25, -0.2) is 9.97 Å². The van der Waals surface area contributed by atoms with E-state index >= 15 is 0 Å². The van der Waals surface area contributed by atoms with Crippen molar-refractivity contribution in [2.75, 3.05) is 11.4 Å². The van der Waals surface area contributed by atoms with Crippen LogP contribution in [0.5, 0.6) is 0 Å². The number of hydrogen-bond acceptors (Lipinski definition) is 5. The standard InChI is InChI=1S/C12H10F3N7/c13-12(14,15)11-19-18-8-7-21(5-6-22(8)11)10-9-16-1-3-20(9)4-2-17-10/h1-4H,5-7H2. The Morgan fingerprint density at radius 1 is 1.00 bits per heavy atom. The first-order chi connectivity index (χ1) is 10.5. The van der Waals surface area contributed by atoms with Gasteiger partial charge in [0.05, 0.1) is 6.54 Å². The van der Waals surface area contributed by atoms with Crippen LogP contribution in [0.2, 0.25) is 0 Å². The molecule has 3 aromatic heterocycles. The van der Waals surface area contributed by atoms with E-state index in [-0.39, 0.29) is 18.9 Å². The van der Waals surface area contributed by atoms with E-state index in [1.807, 2.05) is 9.30 Å². The molecule has 22 heavy (non-hydrogen) atoms. The van der Waals surface area contributed by atoms with Gasteiger partial charge in [0.1, 0.15) is 0 Å². The molecule has 4 heterocycles. The average Bonchev–Trinajstić information content (AvgIpc) is 3.11. The zero-order valence-electron chi connectivity index (χ0n) is 11.2. The highest BCUT2D eigenvalue weighted by Crippen LogP contribution is 2.30. The summed E-state index contributed by atoms with van der Waals surface area (Å²) in [5.74, 6) is -0.0571. The van der Waals surface area contributed by atoms with Gasteiger partial charge in [-0.3, -0.25) is 0 Å². The summed E-state index contributed by atoms with van der Waals surface area (Å²) < 4.78 is 41.4. The number of imidazole rings is 1. The zero-order valence-corrected chi connectivity index (χ0v) is 11.2. The van der Waals surface area contributed by atoms with Crippen LogP contribution in [0.4, 0.5) is 19.0 Å². The summed E-state index contributed by atoms with van der Waals surface area (Å²) in [5, 5.41) is 6.93. The highest BCUT2D eigenvalue weighted by molar-refractivity contribution is 5.64. The summed E-state index contributed by atoms with van der Waals surface area (Å²) >= 11 is 0. The van der Waals surface area contributed by atoms with Crippen molar-refractivity contribution >= 4 is 11.5 Å². The highest BCUT2D eigenvalue weighted by Gasteiger charge is 2.39. The summed E-state index contributed by atoms with van der Waals surface area (Å²) in [7, 11) is 0. The van der Waals surface area contributed by atoms with Gasteiger partial charge in [-0.1, -0.05) is 0 Å². The molecule has 0 radical (unpaired) electrons. The third-order valence-electron chi connectivity index (χ3n) is 3.60. The summed E-state index contributed by atoms with van der Waals surface area (Å²) in [5.41, 5.74) is 0.659. The molecule has 1 aliphatic rings. The summed E-state index contributed by atoms with van der Waals surface area (Å²) in [6.45, 7) is 0.747. The molecular formula is C12H10F3N7. The largest absolute Gasteiger partial charge is 0.451 e. The van der Waals surface area contributed by atoms with E-state index in [2.05, 4.69) is 20.2 Å². The Kier molecular flexibility index (Phi) is 2.62. The second-order valence-corrected chi connectivity index (χ2v) is 4.92. The lowest BCUT2D eigenvalue weighted by atomic mass is 10.3. The zero-order chi connectivity index (χ0) is 15.3. The summed E-state index contributed by atoms with van der Waals surface area (Å²) in [4.78, 5) is 10.4. The minimum atomic E-state index is -4.49. The van der Waals surface area contributed by atoms with Gasteiger partial charge in [0.25, 0.3) is 0 Å². The Morgan fingerprint density at radius 2 is 1.77 bits per heavy atom. The van der Waals surface area contributed by atoms with Gasteiger partial charge in [0.2, 0.25) is 5.82 Å². The molecule has 0 fully saturated rings. The van der Waals surface area contributed by atoms with Crippen molar-refractivity contribution < 1.29 is 13.2 Å². The first-order valence-electron chi connectivity index (χ1n) is 6.56. The Hall–Kier alpha value is -2.65. The topological polar surface area (TPSA) is 64.1 Å². The van der Waals surface area contributed by atoms with Crippen molar-refractivity contribution in [2.24, 2.45) is 0 Å². The molecule has 4 rings (SSSR count). The maximum absolute atomic E-state index is 12.8. The molecular weight excluding hydrogens is 299 g/mol. The number of halogens is 3. The van der Waals surface area contributed by atoms with Gasteiger partial charge in [0.15, 0.2) is 17.3 Å². The molecule has 114 valence electrons. The fourth-order valence-electron chi connectivity index (χ4n) is 2.61. The van der Waals surface area contributed by atoms with E-state index < -0.39 is 12.0 Å². The maximum Gasteiger partial charge on any atom is 0.451 e. The van der Waals surface area contributed by atoms with Gasteiger partial charge in [-0.15, -0.1) is 10.2 Å². The molecule has 0 unspecified atom stereocenters. The van der Waals surface area contributed by atoms with Crippen molar-refractivity contribution in [3.8, 4) is 0 Å². The van der Waals surface area contributed by atoms with E-state index in [9.17, 15) is 13.2 Å². The van der Waals surface area contributed by atoms with Crippen molar-refractivity contribution in [1.82, 2.24) is 29.1 Å². The van der Waals surface area contributed by atoms with Gasteiger partial charge < -0.3 is 13.9 Å². The Bertz CT molecular complexity index is 835. The SMILES string of the molecule is FC(F)(F)c1nnc2n1CCN(c1nccn3ccnc13)C2. The van der Waals surface area contributed by atoms with Gasteiger partial charge >= 0.3 is 6.18 Å². The normalized spacial score (nSPS) is 15.3. The molecule has 3 aromatic rings. The monoisotopic (exact) mass is 309 g/mol. The molecule has 0 saturated heterocycles. The van der Waals surface area contributed by atoms with Crippen LogP contribution in [-0.4, -0.2) is 35.7 Å². The number of alkyl halides is 3. The molecule has 1 aliphatic heterocycles. The number of hydrogen-bond donors (Lipinski definition) is 0. The second kappa shape index (κ2) is 4.42. The Labute approximate surface area is 122 Å². The van der Waals surface area contributed by atoms with Crippen LogP contribution in [0.25, 0.3) is 5.65 Å².